The van der Waals surface area contributed by atoms with Gasteiger partial charge in [-0.05, 0) is 42.3 Å². The smallest absolute Gasteiger partial charge is 0.354 e. The summed E-state index contributed by atoms with van der Waals surface area (Å²) >= 11 is 0. The molecule has 1 fully saturated rings. The van der Waals surface area contributed by atoms with Crippen LogP contribution in [0, 0.1) is 11.7 Å². The number of hydrogen-bond donors (Lipinski definition) is 0. The molecule has 35 heavy (non-hydrogen) atoms. The average Bonchev–Trinajstić information content (AvgIpc) is 3.46. The lowest BCUT2D eigenvalue weighted by Crippen LogP contribution is -2.69. The normalized spacial score (nSPS) is 19.2. The van der Waals surface area contributed by atoms with Crippen molar-refractivity contribution in [2.45, 2.75) is 39.0 Å². The Balaban J connectivity index is 1.45. The fraction of sp³-hybridized carbons (Fsp3) is 0.320. The molecule has 1 saturated heterocycles. The summed E-state index contributed by atoms with van der Waals surface area (Å²) in [6.07, 6.45) is 0.211. The Labute approximate surface area is 200 Å². The minimum Gasteiger partial charge on any atom is -0.452 e. The number of nitrogens with zero attached hydrogens (tertiary/aromatic N) is 4. The molecule has 1 aromatic heterocycles. The minimum atomic E-state index is -1.59. The van der Waals surface area contributed by atoms with Gasteiger partial charge < -0.3 is 14.2 Å². The van der Waals surface area contributed by atoms with E-state index in [1.165, 1.54) is 34.1 Å². The van der Waals surface area contributed by atoms with Crippen LogP contribution >= 0.6 is 0 Å². The van der Waals surface area contributed by atoms with Gasteiger partial charge in [0.15, 0.2) is 6.61 Å². The second-order valence-corrected chi connectivity index (χ2v) is 8.97. The van der Waals surface area contributed by atoms with E-state index in [1.54, 1.807) is 24.3 Å². The Bertz CT molecular complexity index is 1310. The Morgan fingerprint density at radius 1 is 1.17 bits per heavy atom. The predicted octanol–water partition coefficient (Wildman–Crippen LogP) is 3.55. The van der Waals surface area contributed by atoms with Gasteiger partial charge in [-0.2, -0.15) is 4.98 Å². The number of fused-ring (bicyclic) bond motifs is 3. The van der Waals surface area contributed by atoms with Crippen molar-refractivity contribution < 1.29 is 28.0 Å². The molecule has 2 amide bonds. The van der Waals surface area contributed by atoms with E-state index in [1.807, 2.05) is 13.8 Å². The van der Waals surface area contributed by atoms with Crippen LogP contribution in [0.2, 0.25) is 0 Å². The van der Waals surface area contributed by atoms with Gasteiger partial charge in [0, 0.05) is 24.9 Å². The zero-order valence-corrected chi connectivity index (χ0v) is 19.2. The van der Waals surface area contributed by atoms with Crippen molar-refractivity contribution in [3.63, 3.8) is 0 Å². The molecule has 10 heteroatoms. The van der Waals surface area contributed by atoms with E-state index in [4.69, 9.17) is 9.26 Å². The van der Waals surface area contributed by atoms with E-state index in [0.717, 1.165) is 0 Å². The van der Waals surface area contributed by atoms with Crippen molar-refractivity contribution in [3.05, 3.63) is 65.8 Å². The summed E-state index contributed by atoms with van der Waals surface area (Å²) in [5.41, 5.74) is -0.287. The van der Waals surface area contributed by atoms with Crippen LogP contribution in [0.15, 0.2) is 53.1 Å². The van der Waals surface area contributed by atoms with E-state index >= 15 is 0 Å². The number of hydrogen-bond acceptors (Lipinski definition) is 7. The Hall–Kier alpha value is -4.08. The molecule has 2 aliphatic heterocycles. The lowest BCUT2D eigenvalue weighted by molar-refractivity contribution is -0.159. The van der Waals surface area contributed by atoms with Crippen molar-refractivity contribution in [2.75, 3.05) is 11.4 Å². The predicted molar refractivity (Wildman–Crippen MR) is 121 cm³/mol. The number of halogens is 1. The van der Waals surface area contributed by atoms with Gasteiger partial charge in [0.25, 0.3) is 11.8 Å². The van der Waals surface area contributed by atoms with E-state index in [9.17, 15) is 18.8 Å². The summed E-state index contributed by atoms with van der Waals surface area (Å²) in [7, 11) is 0. The molecular weight excluding hydrogens is 455 g/mol. The highest BCUT2D eigenvalue weighted by molar-refractivity contribution is 6.15. The largest absolute Gasteiger partial charge is 0.452 e. The molecule has 0 unspecified atom stereocenters. The standard InChI is InChI=1S/C25H23FN4O5/c1-15(2)13-29-23(32)18-5-3-4-6-19(18)30-21(31)11-12-25(29,30)24(33)34-14-20-27-22(28-35-20)16-7-9-17(26)10-8-16/h3-10,15H,11-14H2,1-2H3/t25-/m1/s1. The Morgan fingerprint density at radius 3 is 2.66 bits per heavy atom. The molecule has 5 rings (SSSR count). The van der Waals surface area contributed by atoms with Gasteiger partial charge in [-0.15, -0.1) is 0 Å². The quantitative estimate of drug-likeness (QED) is 0.499. The molecule has 9 nitrogen and oxygen atoms in total. The lowest BCUT2D eigenvalue weighted by Gasteiger charge is -2.48. The first-order chi connectivity index (χ1) is 16.8. The number of carbonyl (C=O) groups is 3. The highest BCUT2D eigenvalue weighted by Gasteiger charge is 2.62. The van der Waals surface area contributed by atoms with Crippen LogP contribution in [0.5, 0.6) is 0 Å². The summed E-state index contributed by atoms with van der Waals surface area (Å²) in [5, 5.41) is 3.85. The number of carbonyl (C=O) groups excluding carboxylic acids is 3. The van der Waals surface area contributed by atoms with E-state index in [-0.39, 0.29) is 55.4 Å². The number of aromatic nitrogens is 2. The monoisotopic (exact) mass is 478 g/mol. The summed E-state index contributed by atoms with van der Waals surface area (Å²) < 4.78 is 24.0. The third kappa shape index (κ3) is 3.74. The third-order valence-electron chi connectivity index (χ3n) is 6.15. The van der Waals surface area contributed by atoms with E-state index < -0.39 is 17.4 Å². The molecule has 0 saturated carbocycles. The number of benzene rings is 2. The van der Waals surface area contributed by atoms with Gasteiger partial charge in [0.1, 0.15) is 5.82 Å². The van der Waals surface area contributed by atoms with Gasteiger partial charge in [-0.3, -0.25) is 14.5 Å². The maximum Gasteiger partial charge on any atom is 0.354 e. The number of anilines is 1. The molecule has 2 aliphatic rings. The number of para-hydroxylation sites is 1. The topological polar surface area (TPSA) is 106 Å². The van der Waals surface area contributed by atoms with Crippen molar-refractivity contribution in [1.29, 1.82) is 0 Å². The highest BCUT2D eigenvalue weighted by atomic mass is 19.1. The van der Waals surface area contributed by atoms with E-state index in [2.05, 4.69) is 10.1 Å². The van der Waals surface area contributed by atoms with Crippen LogP contribution < -0.4 is 4.90 Å². The van der Waals surface area contributed by atoms with Crippen LogP contribution in [-0.4, -0.2) is 45.0 Å². The van der Waals surface area contributed by atoms with Crippen LogP contribution in [0.1, 0.15) is 42.9 Å². The lowest BCUT2D eigenvalue weighted by atomic mass is 9.95. The van der Waals surface area contributed by atoms with Crippen molar-refractivity contribution >= 4 is 23.5 Å². The van der Waals surface area contributed by atoms with E-state index in [0.29, 0.717) is 16.8 Å². The maximum atomic E-state index is 13.6. The van der Waals surface area contributed by atoms with Gasteiger partial charge >= 0.3 is 5.97 Å². The molecule has 0 radical (unpaired) electrons. The van der Waals surface area contributed by atoms with Crippen molar-refractivity contribution in [1.82, 2.24) is 15.0 Å². The Kier molecular flexibility index (Phi) is 5.58. The molecule has 0 aliphatic carbocycles. The van der Waals surface area contributed by atoms with Crippen LogP contribution in [0.4, 0.5) is 10.1 Å². The fourth-order valence-corrected chi connectivity index (χ4v) is 4.64. The first-order valence-corrected chi connectivity index (χ1v) is 11.3. The van der Waals surface area contributed by atoms with Gasteiger partial charge in [-0.25, -0.2) is 9.18 Å². The molecule has 2 aromatic carbocycles. The average molecular weight is 478 g/mol. The SMILES string of the molecule is CC(C)CN1C(=O)c2ccccc2N2C(=O)CC[C@@]12C(=O)OCc1nc(-c2ccc(F)cc2)no1. The second kappa shape index (κ2) is 8.61. The summed E-state index contributed by atoms with van der Waals surface area (Å²) in [4.78, 5) is 47.2. The number of esters is 1. The zero-order valence-electron chi connectivity index (χ0n) is 19.2. The van der Waals surface area contributed by atoms with Gasteiger partial charge in [0.2, 0.25) is 17.4 Å². The van der Waals surface area contributed by atoms with Crippen molar-refractivity contribution in [3.8, 4) is 11.4 Å². The molecule has 0 spiro atoms. The zero-order chi connectivity index (χ0) is 24.7. The van der Waals surface area contributed by atoms with Crippen LogP contribution in [-0.2, 0) is 20.9 Å². The fourth-order valence-electron chi connectivity index (χ4n) is 4.64. The summed E-state index contributed by atoms with van der Waals surface area (Å²) in [5.74, 6) is -1.43. The highest BCUT2D eigenvalue weighted by Crippen LogP contribution is 2.45. The summed E-state index contributed by atoms with van der Waals surface area (Å²) in [6.45, 7) is 3.79. The first-order valence-electron chi connectivity index (χ1n) is 11.3. The molecule has 0 N–H and O–H groups in total. The van der Waals surface area contributed by atoms with Crippen LogP contribution in [0.25, 0.3) is 11.4 Å². The molecule has 0 bridgehead atoms. The third-order valence-corrected chi connectivity index (χ3v) is 6.15. The molecule has 1 atom stereocenters. The second-order valence-electron chi connectivity index (χ2n) is 8.97. The van der Waals surface area contributed by atoms with Gasteiger partial charge in [0.05, 0.1) is 11.3 Å². The number of rotatable bonds is 6. The molecular formula is C25H23FN4O5. The molecule has 3 aromatic rings. The van der Waals surface area contributed by atoms with Crippen LogP contribution in [0.3, 0.4) is 0 Å². The van der Waals surface area contributed by atoms with Gasteiger partial charge in [-0.1, -0.05) is 31.1 Å². The molecule has 3 heterocycles. The summed E-state index contributed by atoms with van der Waals surface area (Å²) in [6, 6.07) is 12.3. The number of ether oxygens (including phenoxy) is 1. The Morgan fingerprint density at radius 2 is 1.91 bits per heavy atom. The maximum absolute atomic E-state index is 13.6. The number of amides is 2. The minimum absolute atomic E-state index is 0.0305. The molecule has 180 valence electrons. The first kappa shape index (κ1) is 22.7. The van der Waals surface area contributed by atoms with Crippen molar-refractivity contribution in [2.24, 2.45) is 5.92 Å².